The highest BCUT2D eigenvalue weighted by Gasteiger charge is 1.98. The van der Waals surface area contributed by atoms with Crippen LogP contribution >= 0.6 is 0 Å². The van der Waals surface area contributed by atoms with Crippen molar-refractivity contribution >= 4 is 10.9 Å². The van der Waals surface area contributed by atoms with Crippen LogP contribution in [0, 0.1) is 5.92 Å². The number of rotatable bonds is 7. The Bertz CT molecular complexity index is 511. The molecule has 2 aromatic rings. The maximum atomic E-state index is 5.72. The minimum atomic E-state index is 0.691. The Balaban J connectivity index is 1.75. The van der Waals surface area contributed by atoms with Crippen LogP contribution in [0.3, 0.4) is 0 Å². The molecule has 0 aliphatic carbocycles. The van der Waals surface area contributed by atoms with Gasteiger partial charge in [-0.25, -0.2) is 0 Å². The van der Waals surface area contributed by atoms with Crippen molar-refractivity contribution < 1.29 is 4.74 Å². The van der Waals surface area contributed by atoms with Gasteiger partial charge in [-0.15, -0.1) is 0 Å². The van der Waals surface area contributed by atoms with Gasteiger partial charge < -0.3 is 10.1 Å². The number of hydrogen-bond acceptors (Lipinski definition) is 3. The summed E-state index contributed by atoms with van der Waals surface area (Å²) in [5.41, 5.74) is 0.979. The lowest BCUT2D eigenvalue weighted by Crippen LogP contribution is -2.23. The van der Waals surface area contributed by atoms with E-state index in [1.165, 1.54) is 6.42 Å². The second-order valence-electron chi connectivity index (χ2n) is 5.14. The molecule has 19 heavy (non-hydrogen) atoms. The van der Waals surface area contributed by atoms with Crippen LogP contribution in [0.15, 0.2) is 36.5 Å². The second kappa shape index (κ2) is 7.10. The van der Waals surface area contributed by atoms with E-state index in [0.29, 0.717) is 6.61 Å². The van der Waals surface area contributed by atoms with Crippen LogP contribution in [0.4, 0.5) is 0 Å². The third kappa shape index (κ3) is 4.52. The predicted octanol–water partition coefficient (Wildman–Crippen LogP) is 3.25. The van der Waals surface area contributed by atoms with Gasteiger partial charge in [-0.3, -0.25) is 4.98 Å². The number of hydrogen-bond donors (Lipinski definition) is 1. The third-order valence-electron chi connectivity index (χ3n) is 3.02. The first-order chi connectivity index (χ1) is 9.25. The Morgan fingerprint density at radius 2 is 2.11 bits per heavy atom. The molecule has 1 heterocycles. The standard InChI is InChI=1S/C16H22N2O/c1-13(2)7-9-17-10-11-19-15-6-5-14-4-3-8-18-16(14)12-15/h3-6,8,12-13,17H,7,9-11H2,1-2H3. The molecule has 0 aliphatic heterocycles. The average Bonchev–Trinajstić information content (AvgIpc) is 2.42. The monoisotopic (exact) mass is 258 g/mol. The number of pyridine rings is 1. The molecule has 0 saturated carbocycles. The summed E-state index contributed by atoms with van der Waals surface area (Å²) in [5, 5.41) is 4.53. The first-order valence-corrected chi connectivity index (χ1v) is 6.94. The molecule has 0 radical (unpaired) electrons. The van der Waals surface area contributed by atoms with Crippen LogP contribution in [0.1, 0.15) is 20.3 Å². The maximum absolute atomic E-state index is 5.72. The largest absolute Gasteiger partial charge is 0.492 e. The van der Waals surface area contributed by atoms with Crippen LogP contribution < -0.4 is 10.1 Å². The Kier molecular flexibility index (Phi) is 5.16. The lowest BCUT2D eigenvalue weighted by Gasteiger charge is -2.09. The van der Waals surface area contributed by atoms with E-state index >= 15 is 0 Å². The molecule has 0 spiro atoms. The minimum Gasteiger partial charge on any atom is -0.492 e. The minimum absolute atomic E-state index is 0.691. The van der Waals surface area contributed by atoms with Crippen LogP contribution in [0.5, 0.6) is 5.75 Å². The lowest BCUT2D eigenvalue weighted by atomic mass is 10.1. The van der Waals surface area contributed by atoms with E-state index in [0.717, 1.165) is 35.7 Å². The van der Waals surface area contributed by atoms with Crippen LogP contribution in [0.25, 0.3) is 10.9 Å². The fourth-order valence-corrected chi connectivity index (χ4v) is 1.89. The van der Waals surface area contributed by atoms with Gasteiger partial charge in [0.2, 0.25) is 0 Å². The molecule has 1 aromatic carbocycles. The van der Waals surface area contributed by atoms with Crippen LogP contribution in [-0.4, -0.2) is 24.7 Å². The van der Waals surface area contributed by atoms with E-state index in [-0.39, 0.29) is 0 Å². The fourth-order valence-electron chi connectivity index (χ4n) is 1.89. The number of aromatic nitrogens is 1. The summed E-state index contributed by atoms with van der Waals surface area (Å²) in [4.78, 5) is 4.32. The van der Waals surface area contributed by atoms with E-state index < -0.39 is 0 Å². The molecule has 0 unspecified atom stereocenters. The number of nitrogens with one attached hydrogen (secondary N) is 1. The summed E-state index contributed by atoms with van der Waals surface area (Å²) in [7, 11) is 0. The molecule has 0 amide bonds. The molecule has 0 atom stereocenters. The maximum Gasteiger partial charge on any atom is 0.121 e. The molecular weight excluding hydrogens is 236 g/mol. The van der Waals surface area contributed by atoms with E-state index in [1.54, 1.807) is 6.20 Å². The summed E-state index contributed by atoms with van der Waals surface area (Å²) >= 11 is 0. The van der Waals surface area contributed by atoms with Crippen molar-refractivity contribution in [3.63, 3.8) is 0 Å². The van der Waals surface area contributed by atoms with Gasteiger partial charge in [0.15, 0.2) is 0 Å². The summed E-state index contributed by atoms with van der Waals surface area (Å²) < 4.78 is 5.72. The van der Waals surface area contributed by atoms with Crippen LogP contribution in [0.2, 0.25) is 0 Å². The molecule has 102 valence electrons. The van der Waals surface area contributed by atoms with Crippen molar-refractivity contribution in [3.05, 3.63) is 36.5 Å². The van der Waals surface area contributed by atoms with Gasteiger partial charge in [0.1, 0.15) is 12.4 Å². The normalized spacial score (nSPS) is 11.1. The number of ether oxygens (including phenoxy) is 1. The highest BCUT2D eigenvalue weighted by molar-refractivity contribution is 5.79. The number of nitrogens with zero attached hydrogens (tertiary/aromatic N) is 1. The van der Waals surface area contributed by atoms with E-state index in [1.807, 2.05) is 24.3 Å². The van der Waals surface area contributed by atoms with Crippen molar-refractivity contribution in [1.82, 2.24) is 10.3 Å². The molecular formula is C16H22N2O. The van der Waals surface area contributed by atoms with Gasteiger partial charge in [0.25, 0.3) is 0 Å². The molecule has 1 aromatic heterocycles. The fraction of sp³-hybridized carbons (Fsp3) is 0.438. The number of benzene rings is 1. The first kappa shape index (κ1) is 13.8. The first-order valence-electron chi connectivity index (χ1n) is 6.94. The zero-order valence-electron chi connectivity index (χ0n) is 11.7. The molecule has 2 rings (SSSR count). The van der Waals surface area contributed by atoms with E-state index in [2.05, 4.69) is 30.2 Å². The van der Waals surface area contributed by atoms with Crippen molar-refractivity contribution in [2.24, 2.45) is 5.92 Å². The Morgan fingerprint density at radius 3 is 2.95 bits per heavy atom. The SMILES string of the molecule is CC(C)CCNCCOc1ccc2cccnc2c1. The molecule has 0 saturated heterocycles. The highest BCUT2D eigenvalue weighted by Crippen LogP contribution is 2.18. The topological polar surface area (TPSA) is 34.1 Å². The summed E-state index contributed by atoms with van der Waals surface area (Å²) in [6, 6.07) is 10.0. The molecule has 0 bridgehead atoms. The average molecular weight is 258 g/mol. The molecule has 1 N–H and O–H groups in total. The molecule has 0 fully saturated rings. The Morgan fingerprint density at radius 1 is 1.21 bits per heavy atom. The van der Waals surface area contributed by atoms with E-state index in [4.69, 9.17) is 4.74 Å². The summed E-state index contributed by atoms with van der Waals surface area (Å²) in [5.74, 6) is 1.64. The lowest BCUT2D eigenvalue weighted by molar-refractivity contribution is 0.312. The van der Waals surface area contributed by atoms with Gasteiger partial charge in [0, 0.05) is 24.2 Å². The predicted molar refractivity (Wildman–Crippen MR) is 79.6 cm³/mol. The molecule has 3 heteroatoms. The summed E-state index contributed by atoms with van der Waals surface area (Å²) in [6.45, 7) is 7.10. The van der Waals surface area contributed by atoms with Gasteiger partial charge in [0.05, 0.1) is 5.52 Å². The Hall–Kier alpha value is -1.61. The van der Waals surface area contributed by atoms with Gasteiger partial charge >= 0.3 is 0 Å². The van der Waals surface area contributed by atoms with Crippen molar-refractivity contribution in [2.75, 3.05) is 19.7 Å². The van der Waals surface area contributed by atoms with Gasteiger partial charge in [-0.2, -0.15) is 0 Å². The van der Waals surface area contributed by atoms with Gasteiger partial charge in [-0.1, -0.05) is 19.9 Å². The zero-order chi connectivity index (χ0) is 13.5. The summed E-state index contributed by atoms with van der Waals surface area (Å²) in [6.07, 6.45) is 3.01. The Labute approximate surface area is 115 Å². The molecule has 0 aliphatic rings. The number of fused-ring (bicyclic) bond motifs is 1. The van der Waals surface area contributed by atoms with E-state index in [9.17, 15) is 0 Å². The smallest absolute Gasteiger partial charge is 0.121 e. The van der Waals surface area contributed by atoms with Crippen molar-refractivity contribution in [3.8, 4) is 5.75 Å². The second-order valence-corrected chi connectivity index (χ2v) is 5.14. The molecule has 3 nitrogen and oxygen atoms in total. The van der Waals surface area contributed by atoms with Crippen LogP contribution in [-0.2, 0) is 0 Å². The van der Waals surface area contributed by atoms with Crippen molar-refractivity contribution in [1.29, 1.82) is 0 Å². The van der Waals surface area contributed by atoms with Crippen molar-refractivity contribution in [2.45, 2.75) is 20.3 Å². The highest BCUT2D eigenvalue weighted by atomic mass is 16.5. The van der Waals surface area contributed by atoms with Gasteiger partial charge in [-0.05, 0) is 37.1 Å². The quantitative estimate of drug-likeness (QED) is 0.774. The zero-order valence-corrected chi connectivity index (χ0v) is 11.7. The third-order valence-corrected chi connectivity index (χ3v) is 3.02.